The van der Waals surface area contributed by atoms with Crippen LogP contribution in [0.5, 0.6) is 0 Å². The molecule has 0 radical (unpaired) electrons. The van der Waals surface area contributed by atoms with Crippen molar-refractivity contribution in [3.63, 3.8) is 0 Å². The van der Waals surface area contributed by atoms with Gasteiger partial charge in [0.05, 0.1) is 18.4 Å². The number of hydrogen-bond donors (Lipinski definition) is 3. The van der Waals surface area contributed by atoms with E-state index in [9.17, 15) is 19.5 Å². The van der Waals surface area contributed by atoms with E-state index in [4.69, 9.17) is 5.73 Å². The number of aromatic nitrogens is 2. The van der Waals surface area contributed by atoms with Crippen molar-refractivity contribution < 1.29 is 19.5 Å². The lowest BCUT2D eigenvalue weighted by atomic mass is 9.79. The number of nitrogens with two attached hydrogens (primary N) is 1. The second-order valence-corrected chi connectivity index (χ2v) is 8.68. The first-order chi connectivity index (χ1) is 14.4. The third-order valence-electron chi connectivity index (χ3n) is 6.48. The monoisotopic (exact) mass is 419 g/mol. The smallest absolute Gasteiger partial charge is 0.323 e. The second-order valence-electron chi connectivity index (χ2n) is 8.68. The molecule has 1 unspecified atom stereocenters. The number of imidazole rings is 1. The highest BCUT2D eigenvalue weighted by molar-refractivity contribution is 6.02. The molecular formula is C21H33N5O4. The Morgan fingerprint density at radius 2 is 2.03 bits per heavy atom. The van der Waals surface area contributed by atoms with Crippen molar-refractivity contribution in [3.05, 3.63) is 18.2 Å². The van der Waals surface area contributed by atoms with E-state index in [0.29, 0.717) is 31.2 Å². The van der Waals surface area contributed by atoms with Crippen molar-refractivity contribution in [2.45, 2.75) is 64.0 Å². The van der Waals surface area contributed by atoms with E-state index in [2.05, 4.69) is 14.9 Å². The molecule has 9 nitrogen and oxygen atoms in total. The number of carbonyl (C=O) groups is 3. The summed E-state index contributed by atoms with van der Waals surface area (Å²) in [6.07, 6.45) is 10.8. The molecule has 4 N–H and O–H groups in total. The van der Waals surface area contributed by atoms with Crippen molar-refractivity contribution in [3.8, 4) is 0 Å². The van der Waals surface area contributed by atoms with Crippen molar-refractivity contribution in [2.75, 3.05) is 19.6 Å². The Morgan fingerprint density at radius 3 is 2.63 bits per heavy atom. The number of hydrogen-bond acceptors (Lipinski definition) is 6. The maximum atomic E-state index is 13.4. The van der Waals surface area contributed by atoms with Gasteiger partial charge >= 0.3 is 5.97 Å². The highest BCUT2D eigenvalue weighted by Crippen LogP contribution is 2.38. The molecule has 3 atom stereocenters. The van der Waals surface area contributed by atoms with E-state index >= 15 is 0 Å². The van der Waals surface area contributed by atoms with Crippen molar-refractivity contribution in [2.24, 2.45) is 17.6 Å². The number of carbonyl (C=O) groups excluding carboxylic acids is 2. The zero-order chi connectivity index (χ0) is 21.7. The molecule has 166 valence electrons. The number of nitrogens with zero attached hydrogens (tertiary/aromatic N) is 3. The van der Waals surface area contributed by atoms with Gasteiger partial charge < -0.3 is 15.8 Å². The lowest BCUT2D eigenvalue weighted by Crippen LogP contribution is -2.53. The van der Waals surface area contributed by atoms with Crippen molar-refractivity contribution >= 4 is 17.8 Å². The van der Waals surface area contributed by atoms with Crippen LogP contribution in [0.3, 0.4) is 0 Å². The van der Waals surface area contributed by atoms with Crippen LogP contribution in [0.25, 0.3) is 0 Å². The third-order valence-corrected chi connectivity index (χ3v) is 6.48. The highest BCUT2D eigenvalue weighted by atomic mass is 16.4. The topological polar surface area (TPSA) is 133 Å². The average molecular weight is 420 g/mol. The quantitative estimate of drug-likeness (QED) is 0.573. The van der Waals surface area contributed by atoms with E-state index in [1.54, 1.807) is 12.5 Å². The summed E-state index contributed by atoms with van der Waals surface area (Å²) in [5.74, 6) is -1.33. The minimum Gasteiger partial charge on any atom is -0.480 e. The van der Waals surface area contributed by atoms with Gasteiger partial charge in [0.25, 0.3) is 0 Å². The van der Waals surface area contributed by atoms with Gasteiger partial charge in [-0.1, -0.05) is 32.1 Å². The molecule has 2 amide bonds. The summed E-state index contributed by atoms with van der Waals surface area (Å²) in [4.78, 5) is 47.2. The molecule has 9 heteroatoms. The summed E-state index contributed by atoms with van der Waals surface area (Å²) in [7, 11) is 0. The van der Waals surface area contributed by atoms with E-state index in [0.717, 1.165) is 17.1 Å². The minimum absolute atomic E-state index is 0.387. The summed E-state index contributed by atoms with van der Waals surface area (Å²) in [5.41, 5.74) is 6.67. The number of nitrogens with one attached hydrogen (secondary N) is 1. The molecule has 0 aromatic carbocycles. The van der Waals surface area contributed by atoms with Crippen LogP contribution in [0.2, 0.25) is 0 Å². The molecule has 2 heterocycles. The molecule has 1 aliphatic carbocycles. The predicted molar refractivity (Wildman–Crippen MR) is 110 cm³/mol. The van der Waals surface area contributed by atoms with Crippen LogP contribution in [-0.4, -0.2) is 74.4 Å². The maximum absolute atomic E-state index is 13.4. The summed E-state index contributed by atoms with van der Waals surface area (Å²) < 4.78 is 0. The first kappa shape index (κ1) is 22.4. The van der Waals surface area contributed by atoms with Crippen LogP contribution >= 0.6 is 0 Å². The molecule has 0 bridgehead atoms. The fraction of sp³-hybridized carbons (Fsp3) is 0.714. The fourth-order valence-corrected chi connectivity index (χ4v) is 4.90. The lowest BCUT2D eigenvalue weighted by molar-refractivity contribution is -0.155. The van der Waals surface area contributed by atoms with Crippen LogP contribution in [0, 0.1) is 11.8 Å². The lowest BCUT2D eigenvalue weighted by Gasteiger charge is -2.29. The normalized spacial score (nSPS) is 23.9. The third kappa shape index (κ3) is 5.46. The van der Waals surface area contributed by atoms with Gasteiger partial charge in [-0.25, -0.2) is 4.98 Å². The molecule has 2 fully saturated rings. The molecule has 1 aliphatic heterocycles. The number of amides is 2. The van der Waals surface area contributed by atoms with E-state index in [1.807, 2.05) is 0 Å². The van der Waals surface area contributed by atoms with Crippen LogP contribution in [0.1, 0.15) is 51.1 Å². The molecule has 1 saturated heterocycles. The van der Waals surface area contributed by atoms with Crippen molar-refractivity contribution in [1.82, 2.24) is 19.8 Å². The van der Waals surface area contributed by atoms with Crippen LogP contribution in [-0.2, 0) is 20.8 Å². The average Bonchev–Trinajstić information content (AvgIpc) is 3.39. The first-order valence-electron chi connectivity index (χ1n) is 10.9. The van der Waals surface area contributed by atoms with Gasteiger partial charge in [-0.05, 0) is 25.2 Å². The highest BCUT2D eigenvalue weighted by Gasteiger charge is 2.43. The Bertz CT molecular complexity index is 730. The van der Waals surface area contributed by atoms with Gasteiger partial charge in [0.1, 0.15) is 6.54 Å². The molecule has 2 aliphatic rings. The zero-order valence-electron chi connectivity index (χ0n) is 17.6. The number of H-pyrrole nitrogens is 1. The molecule has 3 rings (SSSR count). The summed E-state index contributed by atoms with van der Waals surface area (Å²) in [6.45, 7) is 2.26. The Morgan fingerprint density at radius 1 is 1.30 bits per heavy atom. The number of carboxylic acids is 1. The zero-order valence-corrected chi connectivity index (χ0v) is 17.6. The second kappa shape index (κ2) is 10.2. The molecule has 1 aromatic heterocycles. The summed E-state index contributed by atoms with van der Waals surface area (Å²) in [6, 6.07) is -1.43. The van der Waals surface area contributed by atoms with Crippen molar-refractivity contribution in [1.29, 1.82) is 0 Å². The van der Waals surface area contributed by atoms with E-state index in [1.165, 1.54) is 39.0 Å². The number of imide groups is 1. The molecule has 30 heavy (non-hydrogen) atoms. The van der Waals surface area contributed by atoms with Gasteiger partial charge in [-0.2, -0.15) is 0 Å². The van der Waals surface area contributed by atoms with Gasteiger partial charge in [0.15, 0.2) is 0 Å². The molecular weight excluding hydrogens is 386 g/mol. The standard InChI is InChI=1S/C21H33N5O4/c1-14(22)20(29)26(12-19(27)28)21(30)18-9-16(15-5-3-2-4-6-15)11-25(18)8-7-17-10-23-13-24-17/h10,13-16,18H,2-9,11-12,22H2,1H3,(H,23,24)(H,27,28)/t14-,16?,18-/m0/s1. The first-order valence-corrected chi connectivity index (χ1v) is 10.9. The predicted octanol–water partition coefficient (Wildman–Crippen LogP) is 1.01. The Labute approximate surface area is 177 Å². The Kier molecular flexibility index (Phi) is 7.60. The summed E-state index contributed by atoms with van der Waals surface area (Å²) in [5, 5.41) is 9.24. The van der Waals surface area contributed by atoms with Crippen LogP contribution in [0.15, 0.2) is 12.5 Å². The number of rotatable bonds is 8. The Balaban J connectivity index is 1.77. The van der Waals surface area contributed by atoms with Crippen LogP contribution < -0.4 is 5.73 Å². The molecule has 1 saturated carbocycles. The molecule has 1 aromatic rings. The van der Waals surface area contributed by atoms with Gasteiger partial charge in [0, 0.05) is 31.4 Å². The number of carboxylic acid groups (broad SMARTS) is 1. The van der Waals surface area contributed by atoms with E-state index in [-0.39, 0.29) is 0 Å². The SMILES string of the molecule is C[C@H](N)C(=O)N(CC(=O)O)C(=O)[C@@H]1CC(C2CCCCC2)CN1CCc1cnc[nH]1. The largest absolute Gasteiger partial charge is 0.480 e. The van der Waals surface area contributed by atoms with Crippen LogP contribution in [0.4, 0.5) is 0 Å². The number of aliphatic carboxylic acids is 1. The maximum Gasteiger partial charge on any atom is 0.323 e. The number of aromatic amines is 1. The Hall–Kier alpha value is -2.26. The van der Waals surface area contributed by atoms with Gasteiger partial charge in [-0.15, -0.1) is 0 Å². The summed E-state index contributed by atoms with van der Waals surface area (Å²) >= 11 is 0. The minimum atomic E-state index is -1.22. The fourth-order valence-electron chi connectivity index (χ4n) is 4.90. The van der Waals surface area contributed by atoms with Gasteiger partial charge in [-0.3, -0.25) is 24.2 Å². The van der Waals surface area contributed by atoms with E-state index < -0.39 is 36.4 Å². The number of likely N-dealkylation sites (tertiary alicyclic amines) is 1. The molecule has 0 spiro atoms. The van der Waals surface area contributed by atoms with Gasteiger partial charge in [0.2, 0.25) is 11.8 Å².